The largest absolute Gasteiger partial charge is 0.391 e. The average molecular weight is 158 g/mol. The molecular formula is C9H18O2. The van der Waals surface area contributed by atoms with Gasteiger partial charge in [-0.1, -0.05) is 12.8 Å². The maximum Gasteiger partial charge on any atom is 0.0803 e. The molecule has 1 N–H and O–H groups in total. The van der Waals surface area contributed by atoms with Crippen molar-refractivity contribution >= 4 is 0 Å². The van der Waals surface area contributed by atoms with Crippen molar-refractivity contribution in [3.63, 3.8) is 0 Å². The maximum absolute atomic E-state index is 9.08. The molecule has 2 nitrogen and oxygen atoms in total. The summed E-state index contributed by atoms with van der Waals surface area (Å²) in [5.74, 6) is 0.927. The lowest BCUT2D eigenvalue weighted by Gasteiger charge is -2.15. The smallest absolute Gasteiger partial charge is 0.0803 e. The molecule has 0 aliphatic heterocycles. The fourth-order valence-electron chi connectivity index (χ4n) is 0.966. The molecule has 1 aliphatic carbocycles. The van der Waals surface area contributed by atoms with Crippen molar-refractivity contribution in [1.82, 2.24) is 0 Å². The minimum Gasteiger partial charge on any atom is -0.391 e. The van der Waals surface area contributed by atoms with Crippen molar-refractivity contribution in [1.29, 1.82) is 0 Å². The van der Waals surface area contributed by atoms with Gasteiger partial charge < -0.3 is 9.84 Å². The zero-order valence-corrected chi connectivity index (χ0v) is 7.42. The quantitative estimate of drug-likeness (QED) is 0.658. The third-order valence-electron chi connectivity index (χ3n) is 2.28. The van der Waals surface area contributed by atoms with Gasteiger partial charge >= 0.3 is 0 Å². The lowest BCUT2D eigenvalue weighted by atomic mass is 10.2. The minimum absolute atomic E-state index is 0.00579. The predicted octanol–water partition coefficient (Wildman–Crippen LogP) is 1.57. The Morgan fingerprint density at radius 2 is 2.09 bits per heavy atom. The Morgan fingerprint density at radius 1 is 1.45 bits per heavy atom. The van der Waals surface area contributed by atoms with Crippen molar-refractivity contribution in [3.05, 3.63) is 0 Å². The van der Waals surface area contributed by atoms with Crippen LogP contribution in [-0.2, 0) is 4.74 Å². The highest BCUT2D eigenvalue weighted by Gasteiger charge is 2.21. The molecule has 0 saturated heterocycles. The summed E-state index contributed by atoms with van der Waals surface area (Å²) in [7, 11) is 0. The van der Waals surface area contributed by atoms with E-state index in [1.54, 1.807) is 6.92 Å². The molecule has 1 rings (SSSR count). The zero-order valence-electron chi connectivity index (χ0n) is 7.42. The Hall–Kier alpha value is -0.0800. The van der Waals surface area contributed by atoms with Gasteiger partial charge in [0, 0.05) is 6.61 Å². The normalized spacial score (nSPS) is 23.2. The summed E-state index contributed by atoms with van der Waals surface area (Å²) >= 11 is 0. The molecule has 2 heteroatoms. The van der Waals surface area contributed by atoms with E-state index >= 15 is 0 Å². The number of hydrogen-bond acceptors (Lipinski definition) is 2. The highest BCUT2D eigenvalue weighted by Crippen LogP contribution is 2.32. The molecule has 66 valence electrons. The Balaban J connectivity index is 1.92. The van der Waals surface area contributed by atoms with E-state index in [1.165, 1.54) is 19.3 Å². The second kappa shape index (κ2) is 4.07. The molecule has 0 spiro atoms. The first-order valence-electron chi connectivity index (χ1n) is 4.50. The molecule has 0 heterocycles. The van der Waals surface area contributed by atoms with Gasteiger partial charge in [0.05, 0.1) is 12.2 Å². The molecular weight excluding hydrogens is 140 g/mol. The monoisotopic (exact) mass is 158 g/mol. The summed E-state index contributed by atoms with van der Waals surface area (Å²) in [4.78, 5) is 0. The summed E-state index contributed by atoms with van der Waals surface area (Å²) in [5.41, 5.74) is 0. The molecule has 0 aromatic rings. The van der Waals surface area contributed by atoms with Crippen LogP contribution in [0.2, 0.25) is 0 Å². The van der Waals surface area contributed by atoms with Gasteiger partial charge in [-0.25, -0.2) is 0 Å². The van der Waals surface area contributed by atoms with E-state index in [4.69, 9.17) is 9.84 Å². The van der Waals surface area contributed by atoms with Gasteiger partial charge in [-0.2, -0.15) is 0 Å². The summed E-state index contributed by atoms with van der Waals surface area (Å²) in [6, 6.07) is 0. The predicted molar refractivity (Wildman–Crippen MR) is 44.4 cm³/mol. The molecule has 0 radical (unpaired) electrons. The number of rotatable bonds is 5. The van der Waals surface area contributed by atoms with Crippen molar-refractivity contribution in [2.75, 3.05) is 6.61 Å². The fourth-order valence-corrected chi connectivity index (χ4v) is 0.966. The van der Waals surface area contributed by atoms with Crippen molar-refractivity contribution in [3.8, 4) is 0 Å². The molecule has 1 fully saturated rings. The van der Waals surface area contributed by atoms with Gasteiger partial charge in [-0.3, -0.25) is 0 Å². The van der Waals surface area contributed by atoms with Gasteiger partial charge in [0.1, 0.15) is 0 Å². The van der Waals surface area contributed by atoms with E-state index in [1.807, 2.05) is 6.92 Å². The Morgan fingerprint density at radius 3 is 2.55 bits per heavy atom. The van der Waals surface area contributed by atoms with Crippen molar-refractivity contribution in [2.24, 2.45) is 5.92 Å². The Labute approximate surface area is 68.6 Å². The highest BCUT2D eigenvalue weighted by molar-refractivity contribution is 4.72. The molecule has 1 aliphatic rings. The molecule has 1 saturated carbocycles. The molecule has 0 bridgehead atoms. The van der Waals surface area contributed by atoms with Crippen LogP contribution in [0.25, 0.3) is 0 Å². The minimum atomic E-state index is -0.339. The number of hydrogen-bond donors (Lipinski definition) is 1. The van der Waals surface area contributed by atoms with Crippen LogP contribution in [0.4, 0.5) is 0 Å². The third kappa shape index (κ3) is 3.73. The van der Waals surface area contributed by atoms with Crippen molar-refractivity contribution in [2.45, 2.75) is 45.3 Å². The van der Waals surface area contributed by atoms with Crippen LogP contribution in [0.15, 0.2) is 0 Å². The van der Waals surface area contributed by atoms with Crippen LogP contribution in [0.1, 0.15) is 33.1 Å². The third-order valence-corrected chi connectivity index (χ3v) is 2.28. The molecule has 2 atom stereocenters. The first-order valence-corrected chi connectivity index (χ1v) is 4.50. The van der Waals surface area contributed by atoms with Gasteiger partial charge in [0.2, 0.25) is 0 Å². The summed E-state index contributed by atoms with van der Waals surface area (Å²) in [6.07, 6.45) is 3.60. The van der Waals surface area contributed by atoms with Gasteiger partial charge in [-0.05, 0) is 26.2 Å². The van der Waals surface area contributed by atoms with E-state index in [0.717, 1.165) is 12.5 Å². The lowest BCUT2D eigenvalue weighted by molar-refractivity contribution is -0.0201. The Kier molecular flexibility index (Phi) is 3.34. The van der Waals surface area contributed by atoms with Crippen LogP contribution < -0.4 is 0 Å². The number of aliphatic hydroxyl groups excluding tert-OH is 1. The van der Waals surface area contributed by atoms with Crippen LogP contribution in [0, 0.1) is 5.92 Å². The second-order valence-corrected chi connectivity index (χ2v) is 3.55. The number of aliphatic hydroxyl groups is 1. The first kappa shape index (κ1) is 9.01. The number of ether oxygens (including phenoxy) is 1. The average Bonchev–Trinajstić information content (AvgIpc) is 2.71. The Bertz CT molecular complexity index is 108. The van der Waals surface area contributed by atoms with Gasteiger partial charge in [0.15, 0.2) is 0 Å². The fraction of sp³-hybridized carbons (Fsp3) is 1.00. The first-order chi connectivity index (χ1) is 5.20. The molecule has 0 aromatic carbocycles. The van der Waals surface area contributed by atoms with Crippen LogP contribution in [0.3, 0.4) is 0 Å². The van der Waals surface area contributed by atoms with E-state index in [2.05, 4.69) is 0 Å². The van der Waals surface area contributed by atoms with E-state index in [0.29, 0.717) is 0 Å². The second-order valence-electron chi connectivity index (χ2n) is 3.55. The highest BCUT2D eigenvalue weighted by atomic mass is 16.5. The van der Waals surface area contributed by atoms with Crippen molar-refractivity contribution < 1.29 is 9.84 Å². The standard InChI is InChI=1S/C9H18O2/c1-7(10)8(2)11-6-5-9-3-4-9/h7-10H,3-6H2,1-2H3/t7-,8?/m1/s1. The summed E-state index contributed by atoms with van der Waals surface area (Å²) in [6.45, 7) is 4.50. The SMILES string of the molecule is CC(OCCC1CC1)[C@@H](C)O. The molecule has 0 aromatic heterocycles. The topological polar surface area (TPSA) is 29.5 Å². The maximum atomic E-state index is 9.08. The van der Waals surface area contributed by atoms with Crippen LogP contribution in [0.5, 0.6) is 0 Å². The van der Waals surface area contributed by atoms with E-state index in [-0.39, 0.29) is 12.2 Å². The van der Waals surface area contributed by atoms with Crippen LogP contribution >= 0.6 is 0 Å². The lowest BCUT2D eigenvalue weighted by Crippen LogP contribution is -2.23. The van der Waals surface area contributed by atoms with Crippen LogP contribution in [-0.4, -0.2) is 23.9 Å². The summed E-state index contributed by atoms with van der Waals surface area (Å²) < 4.78 is 5.40. The molecule has 0 amide bonds. The van der Waals surface area contributed by atoms with E-state index < -0.39 is 0 Å². The van der Waals surface area contributed by atoms with E-state index in [9.17, 15) is 0 Å². The zero-order chi connectivity index (χ0) is 8.27. The van der Waals surface area contributed by atoms with Gasteiger partial charge in [-0.15, -0.1) is 0 Å². The summed E-state index contributed by atoms with van der Waals surface area (Å²) in [5, 5.41) is 9.08. The molecule has 1 unspecified atom stereocenters. The molecule has 11 heavy (non-hydrogen) atoms. The van der Waals surface area contributed by atoms with Gasteiger partial charge in [0.25, 0.3) is 0 Å².